The van der Waals surface area contributed by atoms with Gasteiger partial charge in [0.25, 0.3) is 5.91 Å². The molecule has 6 heteroatoms. The highest BCUT2D eigenvalue weighted by Gasteiger charge is 2.27. The second-order valence-corrected chi connectivity index (χ2v) is 7.52. The summed E-state index contributed by atoms with van der Waals surface area (Å²) in [5, 5.41) is 4.08. The first-order chi connectivity index (χ1) is 14.7. The molecule has 1 aliphatic heterocycles. The Hall–Kier alpha value is -3.12. The fraction of sp³-hybridized carbons (Fsp3) is 0.333. The van der Waals surface area contributed by atoms with Gasteiger partial charge in [0, 0.05) is 25.6 Å². The molecule has 0 unspecified atom stereocenters. The molecule has 0 spiro atoms. The number of piperidine rings is 1. The van der Waals surface area contributed by atoms with Gasteiger partial charge in [0.1, 0.15) is 5.75 Å². The number of ether oxygens (including phenoxy) is 2. The number of benzene rings is 2. The van der Waals surface area contributed by atoms with Gasteiger partial charge in [-0.2, -0.15) is 0 Å². The topological polar surface area (TPSA) is 64.8 Å². The van der Waals surface area contributed by atoms with Gasteiger partial charge in [0.2, 0.25) is 5.76 Å². The summed E-state index contributed by atoms with van der Waals surface area (Å²) in [5.41, 5.74) is 2.91. The molecule has 0 bridgehead atoms. The van der Waals surface area contributed by atoms with Crippen molar-refractivity contribution >= 4 is 5.91 Å². The summed E-state index contributed by atoms with van der Waals surface area (Å²) in [4.78, 5) is 14.7. The number of aromatic nitrogens is 1. The molecule has 1 atom stereocenters. The maximum absolute atomic E-state index is 12.9. The second kappa shape index (κ2) is 9.59. The van der Waals surface area contributed by atoms with Crippen LogP contribution in [-0.4, -0.2) is 42.3 Å². The minimum absolute atomic E-state index is 0.0297. The van der Waals surface area contributed by atoms with Crippen molar-refractivity contribution < 1.29 is 18.8 Å². The molecule has 2 heterocycles. The van der Waals surface area contributed by atoms with Crippen LogP contribution in [0.1, 0.15) is 40.2 Å². The van der Waals surface area contributed by atoms with Gasteiger partial charge in [-0.05, 0) is 36.1 Å². The number of amides is 1. The van der Waals surface area contributed by atoms with Crippen molar-refractivity contribution in [2.75, 3.05) is 20.2 Å². The molecule has 4 rings (SSSR count). The SMILES string of the molecule is COc1cccc(Cc2cc(C(=O)N3CCC[C@@H](OCc4ccccc4)C3)on2)c1. The smallest absolute Gasteiger partial charge is 0.292 e. The van der Waals surface area contributed by atoms with Crippen LogP contribution in [-0.2, 0) is 17.8 Å². The van der Waals surface area contributed by atoms with Crippen molar-refractivity contribution in [3.05, 3.63) is 83.2 Å². The molecular weight excluding hydrogens is 380 g/mol. The van der Waals surface area contributed by atoms with Crippen molar-refractivity contribution in [3.8, 4) is 5.75 Å². The van der Waals surface area contributed by atoms with Gasteiger partial charge >= 0.3 is 0 Å². The fourth-order valence-electron chi connectivity index (χ4n) is 3.69. The molecule has 30 heavy (non-hydrogen) atoms. The summed E-state index contributed by atoms with van der Waals surface area (Å²) >= 11 is 0. The number of nitrogens with zero attached hydrogens (tertiary/aromatic N) is 2. The van der Waals surface area contributed by atoms with Crippen LogP contribution in [0.3, 0.4) is 0 Å². The lowest BCUT2D eigenvalue weighted by Gasteiger charge is -2.32. The zero-order valence-corrected chi connectivity index (χ0v) is 17.1. The zero-order valence-electron chi connectivity index (χ0n) is 17.1. The lowest BCUT2D eigenvalue weighted by atomic mass is 10.1. The van der Waals surface area contributed by atoms with Crippen molar-refractivity contribution in [1.82, 2.24) is 10.1 Å². The fourth-order valence-corrected chi connectivity index (χ4v) is 3.69. The van der Waals surface area contributed by atoms with Crippen molar-refractivity contribution in [3.63, 3.8) is 0 Å². The average Bonchev–Trinajstić information content (AvgIpc) is 3.26. The Morgan fingerprint density at radius 2 is 1.97 bits per heavy atom. The van der Waals surface area contributed by atoms with Crippen molar-refractivity contribution in [1.29, 1.82) is 0 Å². The molecule has 1 fully saturated rings. The zero-order chi connectivity index (χ0) is 20.8. The number of likely N-dealkylation sites (tertiary alicyclic amines) is 1. The molecule has 156 valence electrons. The van der Waals surface area contributed by atoms with Gasteiger partial charge in [-0.3, -0.25) is 4.79 Å². The Labute approximate surface area is 176 Å². The third kappa shape index (κ3) is 5.07. The largest absolute Gasteiger partial charge is 0.497 e. The molecular formula is C24H26N2O4. The second-order valence-electron chi connectivity index (χ2n) is 7.52. The van der Waals surface area contributed by atoms with E-state index in [2.05, 4.69) is 5.16 Å². The first-order valence-corrected chi connectivity index (χ1v) is 10.2. The summed E-state index contributed by atoms with van der Waals surface area (Å²) in [6.07, 6.45) is 2.48. The van der Waals surface area contributed by atoms with Gasteiger partial charge < -0.3 is 18.9 Å². The maximum Gasteiger partial charge on any atom is 0.292 e. The van der Waals surface area contributed by atoms with Gasteiger partial charge in [-0.25, -0.2) is 0 Å². The van der Waals surface area contributed by atoms with Gasteiger partial charge in [0.15, 0.2) is 0 Å². The predicted octanol–water partition coefficient (Wildman–Crippen LogP) is 4.10. The van der Waals surface area contributed by atoms with E-state index in [0.717, 1.165) is 35.4 Å². The van der Waals surface area contributed by atoms with E-state index in [-0.39, 0.29) is 17.8 Å². The standard InChI is InChI=1S/C24H26N2O4/c1-28-21-10-5-9-19(14-21)13-20-15-23(30-25-20)24(27)26-12-6-11-22(16-26)29-17-18-7-3-2-4-8-18/h2-5,7-10,14-15,22H,6,11-13,16-17H2,1H3/t22-/m1/s1. The third-order valence-electron chi connectivity index (χ3n) is 5.28. The first kappa shape index (κ1) is 20.2. The minimum Gasteiger partial charge on any atom is -0.497 e. The highest BCUT2D eigenvalue weighted by Crippen LogP contribution is 2.20. The van der Waals surface area contributed by atoms with Gasteiger partial charge in [-0.15, -0.1) is 0 Å². The Kier molecular flexibility index (Phi) is 6.44. The molecule has 1 aromatic heterocycles. The van der Waals surface area contributed by atoms with Crippen molar-refractivity contribution in [2.45, 2.75) is 32.0 Å². The minimum atomic E-state index is -0.132. The Balaban J connectivity index is 1.34. The number of carbonyl (C=O) groups excluding carboxylic acids is 1. The average molecular weight is 406 g/mol. The monoisotopic (exact) mass is 406 g/mol. The number of methoxy groups -OCH3 is 1. The normalized spacial score (nSPS) is 16.4. The van der Waals surface area contributed by atoms with Crippen LogP contribution >= 0.6 is 0 Å². The predicted molar refractivity (Wildman–Crippen MR) is 112 cm³/mol. The number of hydrogen-bond donors (Lipinski definition) is 0. The maximum atomic E-state index is 12.9. The molecule has 0 saturated carbocycles. The Bertz CT molecular complexity index is 970. The van der Waals surface area contributed by atoms with E-state index in [1.54, 1.807) is 18.1 Å². The molecule has 2 aromatic carbocycles. The third-order valence-corrected chi connectivity index (χ3v) is 5.28. The molecule has 6 nitrogen and oxygen atoms in total. The van der Waals surface area contributed by atoms with E-state index in [4.69, 9.17) is 14.0 Å². The molecule has 1 amide bonds. The Morgan fingerprint density at radius 1 is 1.13 bits per heavy atom. The number of rotatable bonds is 7. The molecule has 1 aliphatic rings. The lowest BCUT2D eigenvalue weighted by Crippen LogP contribution is -2.43. The van der Waals surface area contributed by atoms with E-state index in [1.807, 2.05) is 54.6 Å². The number of carbonyl (C=O) groups is 1. The molecule has 1 saturated heterocycles. The Morgan fingerprint density at radius 3 is 2.80 bits per heavy atom. The molecule has 0 N–H and O–H groups in total. The summed E-state index contributed by atoms with van der Waals surface area (Å²) < 4.78 is 16.7. The summed E-state index contributed by atoms with van der Waals surface area (Å²) in [6.45, 7) is 1.83. The summed E-state index contributed by atoms with van der Waals surface area (Å²) in [5.74, 6) is 0.936. The van der Waals surface area contributed by atoms with Crippen LogP contribution in [0.5, 0.6) is 5.75 Å². The quantitative estimate of drug-likeness (QED) is 0.591. The van der Waals surface area contributed by atoms with Crippen LogP contribution < -0.4 is 4.74 Å². The van der Waals surface area contributed by atoms with Gasteiger partial charge in [0.05, 0.1) is 25.5 Å². The van der Waals surface area contributed by atoms with Crippen LogP contribution in [0, 0.1) is 0 Å². The molecule has 3 aromatic rings. The van der Waals surface area contributed by atoms with Crippen LogP contribution in [0.25, 0.3) is 0 Å². The lowest BCUT2D eigenvalue weighted by molar-refractivity contribution is -0.00774. The van der Waals surface area contributed by atoms with E-state index in [0.29, 0.717) is 26.1 Å². The van der Waals surface area contributed by atoms with E-state index in [1.165, 1.54) is 0 Å². The van der Waals surface area contributed by atoms with Gasteiger partial charge in [-0.1, -0.05) is 47.6 Å². The highest BCUT2D eigenvalue weighted by molar-refractivity contribution is 5.91. The summed E-state index contributed by atoms with van der Waals surface area (Å²) in [6, 6.07) is 19.6. The van der Waals surface area contributed by atoms with Crippen LogP contribution in [0.15, 0.2) is 65.2 Å². The van der Waals surface area contributed by atoms with Crippen molar-refractivity contribution in [2.24, 2.45) is 0 Å². The molecule has 0 radical (unpaired) electrons. The summed E-state index contributed by atoms with van der Waals surface area (Å²) in [7, 11) is 1.64. The van der Waals surface area contributed by atoms with Crippen LogP contribution in [0.4, 0.5) is 0 Å². The number of hydrogen-bond acceptors (Lipinski definition) is 5. The van der Waals surface area contributed by atoms with E-state index in [9.17, 15) is 4.79 Å². The first-order valence-electron chi connectivity index (χ1n) is 10.2. The molecule has 0 aliphatic carbocycles. The van der Waals surface area contributed by atoms with E-state index >= 15 is 0 Å². The van der Waals surface area contributed by atoms with E-state index < -0.39 is 0 Å². The van der Waals surface area contributed by atoms with Crippen LogP contribution in [0.2, 0.25) is 0 Å². The highest BCUT2D eigenvalue weighted by atomic mass is 16.5.